The zero-order valence-electron chi connectivity index (χ0n) is 17.2. The SMILES string of the molecule is CCCCNC(=O)NC(=O)CSc1nc2cc(Cl)ccc2c(=O)n1CCCOCC. The molecule has 2 N–H and O–H groups in total. The summed E-state index contributed by atoms with van der Waals surface area (Å²) in [5.41, 5.74) is 0.266. The first-order valence-corrected chi connectivity index (χ1v) is 11.3. The van der Waals surface area contributed by atoms with Crippen molar-refractivity contribution in [1.82, 2.24) is 20.2 Å². The molecule has 2 rings (SSSR count). The van der Waals surface area contributed by atoms with Crippen LogP contribution in [0.5, 0.6) is 0 Å². The van der Waals surface area contributed by atoms with Crippen molar-refractivity contribution in [3.63, 3.8) is 0 Å². The van der Waals surface area contributed by atoms with Gasteiger partial charge in [0.05, 0.1) is 16.7 Å². The standard InChI is InChI=1S/C20H27ClN4O4S/c1-3-5-9-22-19(28)24-17(26)13-30-20-23-16-12-14(21)7-8-15(16)18(27)25(20)10-6-11-29-4-2/h7-8,12H,3-6,9-11,13H2,1-2H3,(H2,22,24,26,28). The first-order chi connectivity index (χ1) is 14.5. The van der Waals surface area contributed by atoms with Crippen LogP contribution in [0.25, 0.3) is 10.9 Å². The fourth-order valence-corrected chi connectivity index (χ4v) is 3.66. The zero-order chi connectivity index (χ0) is 21.9. The number of urea groups is 1. The molecule has 0 aliphatic carbocycles. The van der Waals surface area contributed by atoms with Crippen LogP contribution in [-0.4, -0.2) is 47.0 Å². The van der Waals surface area contributed by atoms with Crippen LogP contribution in [0.2, 0.25) is 5.02 Å². The number of benzene rings is 1. The first kappa shape index (κ1) is 24.2. The van der Waals surface area contributed by atoms with Gasteiger partial charge >= 0.3 is 6.03 Å². The number of imide groups is 1. The third-order valence-electron chi connectivity index (χ3n) is 4.16. The summed E-state index contributed by atoms with van der Waals surface area (Å²) in [6, 6.07) is 4.39. The number of nitrogens with zero attached hydrogens (tertiary/aromatic N) is 2. The minimum Gasteiger partial charge on any atom is -0.382 e. The number of aromatic nitrogens is 2. The highest BCUT2D eigenvalue weighted by atomic mass is 35.5. The molecule has 3 amide bonds. The zero-order valence-corrected chi connectivity index (χ0v) is 18.8. The maximum Gasteiger partial charge on any atom is 0.321 e. The van der Waals surface area contributed by atoms with Crippen LogP contribution >= 0.6 is 23.4 Å². The van der Waals surface area contributed by atoms with Gasteiger partial charge in [-0.25, -0.2) is 9.78 Å². The van der Waals surface area contributed by atoms with E-state index >= 15 is 0 Å². The summed E-state index contributed by atoms with van der Waals surface area (Å²) in [5, 5.41) is 6.23. The molecule has 0 bridgehead atoms. The van der Waals surface area contributed by atoms with Crippen LogP contribution in [0.15, 0.2) is 28.2 Å². The van der Waals surface area contributed by atoms with E-state index in [0.29, 0.717) is 53.8 Å². The van der Waals surface area contributed by atoms with Crippen molar-refractivity contribution in [3.05, 3.63) is 33.6 Å². The van der Waals surface area contributed by atoms with Gasteiger partial charge in [-0.15, -0.1) is 0 Å². The maximum absolute atomic E-state index is 13.0. The molecule has 8 nitrogen and oxygen atoms in total. The van der Waals surface area contributed by atoms with Gasteiger partial charge in [0.1, 0.15) is 0 Å². The van der Waals surface area contributed by atoms with Crippen LogP contribution < -0.4 is 16.2 Å². The number of halogens is 1. The van der Waals surface area contributed by atoms with Crippen LogP contribution in [-0.2, 0) is 16.1 Å². The van der Waals surface area contributed by atoms with Gasteiger partial charge in [-0.1, -0.05) is 36.7 Å². The van der Waals surface area contributed by atoms with E-state index < -0.39 is 11.9 Å². The second-order valence-corrected chi connectivity index (χ2v) is 7.89. The predicted molar refractivity (Wildman–Crippen MR) is 119 cm³/mol. The molecule has 30 heavy (non-hydrogen) atoms. The molecule has 1 aromatic carbocycles. The smallest absolute Gasteiger partial charge is 0.321 e. The normalized spacial score (nSPS) is 10.9. The Hall–Kier alpha value is -2.10. The molecule has 1 heterocycles. The lowest BCUT2D eigenvalue weighted by Gasteiger charge is -2.13. The number of thioether (sulfide) groups is 1. The van der Waals surface area contributed by atoms with E-state index in [4.69, 9.17) is 16.3 Å². The van der Waals surface area contributed by atoms with Gasteiger partial charge in [-0.05, 0) is 38.0 Å². The van der Waals surface area contributed by atoms with E-state index in [2.05, 4.69) is 15.6 Å². The number of unbranched alkanes of at least 4 members (excludes halogenated alkanes) is 1. The Morgan fingerprint density at radius 3 is 2.80 bits per heavy atom. The quantitative estimate of drug-likeness (QED) is 0.307. The fourth-order valence-electron chi connectivity index (χ4n) is 2.67. The third kappa shape index (κ3) is 7.30. The van der Waals surface area contributed by atoms with E-state index in [1.807, 2.05) is 13.8 Å². The summed E-state index contributed by atoms with van der Waals surface area (Å²) >= 11 is 7.14. The Morgan fingerprint density at radius 1 is 1.27 bits per heavy atom. The van der Waals surface area contributed by atoms with E-state index in [0.717, 1.165) is 24.6 Å². The number of hydrogen-bond acceptors (Lipinski definition) is 6. The van der Waals surface area contributed by atoms with Gasteiger partial charge in [-0.3, -0.25) is 19.5 Å². The minimum absolute atomic E-state index is 0.0504. The summed E-state index contributed by atoms with van der Waals surface area (Å²) in [5.74, 6) is -0.513. The molecular formula is C20H27ClN4O4S. The lowest BCUT2D eigenvalue weighted by molar-refractivity contribution is -0.117. The number of ether oxygens (including phenoxy) is 1. The molecule has 0 unspecified atom stereocenters. The molecule has 164 valence electrons. The summed E-state index contributed by atoms with van der Waals surface area (Å²) in [4.78, 5) is 41.3. The summed E-state index contributed by atoms with van der Waals surface area (Å²) < 4.78 is 6.89. The molecular weight excluding hydrogens is 428 g/mol. The molecule has 0 saturated heterocycles. The lowest BCUT2D eigenvalue weighted by atomic mass is 10.2. The molecule has 1 aromatic heterocycles. The van der Waals surface area contributed by atoms with Crippen LogP contribution in [0.3, 0.4) is 0 Å². The van der Waals surface area contributed by atoms with E-state index in [9.17, 15) is 14.4 Å². The van der Waals surface area contributed by atoms with E-state index in [1.54, 1.807) is 18.2 Å². The number of hydrogen-bond donors (Lipinski definition) is 2. The van der Waals surface area contributed by atoms with E-state index in [-0.39, 0.29) is 11.3 Å². The molecule has 0 spiro atoms. The van der Waals surface area contributed by atoms with Gasteiger partial charge in [0.2, 0.25) is 5.91 Å². The fraction of sp³-hybridized carbons (Fsp3) is 0.500. The Morgan fingerprint density at radius 2 is 2.07 bits per heavy atom. The summed E-state index contributed by atoms with van der Waals surface area (Å²) in [6.07, 6.45) is 2.42. The topological polar surface area (TPSA) is 102 Å². The summed E-state index contributed by atoms with van der Waals surface area (Å²) in [6.45, 7) is 5.96. The van der Waals surface area contributed by atoms with Crippen molar-refractivity contribution < 1.29 is 14.3 Å². The van der Waals surface area contributed by atoms with Gasteiger partial charge in [-0.2, -0.15) is 0 Å². The molecule has 0 fully saturated rings. The highest BCUT2D eigenvalue weighted by Crippen LogP contribution is 2.20. The number of amides is 3. The van der Waals surface area contributed by atoms with Crippen LogP contribution in [0.4, 0.5) is 4.79 Å². The average Bonchev–Trinajstić information content (AvgIpc) is 2.71. The van der Waals surface area contributed by atoms with E-state index in [1.165, 1.54) is 4.57 Å². The molecule has 2 aromatic rings. The van der Waals surface area contributed by atoms with Crippen molar-refractivity contribution in [1.29, 1.82) is 0 Å². The molecule has 0 aliphatic rings. The van der Waals surface area contributed by atoms with Crippen molar-refractivity contribution in [2.75, 3.05) is 25.5 Å². The van der Waals surface area contributed by atoms with Gasteiger partial charge in [0, 0.05) is 31.3 Å². The number of carbonyl (C=O) groups is 2. The Bertz CT molecular complexity index is 935. The van der Waals surface area contributed by atoms with Crippen molar-refractivity contribution in [2.45, 2.75) is 44.8 Å². The molecule has 0 atom stereocenters. The Kier molecular flexibility index (Phi) is 10.1. The van der Waals surface area contributed by atoms with Crippen molar-refractivity contribution in [2.24, 2.45) is 0 Å². The lowest BCUT2D eigenvalue weighted by Crippen LogP contribution is -2.40. The Balaban J connectivity index is 2.13. The summed E-state index contributed by atoms with van der Waals surface area (Å²) in [7, 11) is 0. The minimum atomic E-state index is -0.526. The Labute approximate surface area is 184 Å². The highest BCUT2D eigenvalue weighted by molar-refractivity contribution is 7.99. The van der Waals surface area contributed by atoms with Gasteiger partial charge in [0.25, 0.3) is 5.56 Å². The number of fused-ring (bicyclic) bond motifs is 1. The van der Waals surface area contributed by atoms with Crippen LogP contribution in [0.1, 0.15) is 33.1 Å². The van der Waals surface area contributed by atoms with Crippen molar-refractivity contribution >= 4 is 46.2 Å². The number of carbonyl (C=O) groups excluding carboxylic acids is 2. The van der Waals surface area contributed by atoms with Gasteiger partial charge in [0.15, 0.2) is 5.16 Å². The largest absolute Gasteiger partial charge is 0.382 e. The number of rotatable bonds is 11. The molecule has 0 radical (unpaired) electrons. The maximum atomic E-state index is 13.0. The second kappa shape index (κ2) is 12.6. The highest BCUT2D eigenvalue weighted by Gasteiger charge is 2.15. The average molecular weight is 455 g/mol. The number of nitrogens with one attached hydrogen (secondary N) is 2. The van der Waals surface area contributed by atoms with Gasteiger partial charge < -0.3 is 10.1 Å². The molecule has 0 aliphatic heterocycles. The van der Waals surface area contributed by atoms with Crippen molar-refractivity contribution in [3.8, 4) is 0 Å². The predicted octanol–water partition coefficient (Wildman–Crippen LogP) is 3.19. The monoisotopic (exact) mass is 454 g/mol. The van der Waals surface area contributed by atoms with Crippen LogP contribution in [0, 0.1) is 0 Å². The second-order valence-electron chi connectivity index (χ2n) is 6.51. The molecule has 10 heteroatoms. The first-order valence-electron chi connectivity index (χ1n) is 9.94. The molecule has 0 saturated carbocycles. The third-order valence-corrected chi connectivity index (χ3v) is 5.37.